The summed E-state index contributed by atoms with van der Waals surface area (Å²) in [4.78, 5) is 23.7. The molecule has 1 aromatic carbocycles. The number of aromatic nitrogens is 2. The first-order valence-electron chi connectivity index (χ1n) is 6.65. The van der Waals surface area contributed by atoms with Crippen molar-refractivity contribution < 1.29 is 9.59 Å². The van der Waals surface area contributed by atoms with Gasteiger partial charge in [-0.2, -0.15) is 5.10 Å². The lowest BCUT2D eigenvalue weighted by molar-refractivity contribution is 0.0950. The van der Waals surface area contributed by atoms with E-state index in [1.54, 1.807) is 24.3 Å². The van der Waals surface area contributed by atoms with Gasteiger partial charge in [0, 0.05) is 23.4 Å². The van der Waals surface area contributed by atoms with Crippen molar-refractivity contribution in [2.24, 2.45) is 0 Å². The van der Waals surface area contributed by atoms with Crippen molar-refractivity contribution in [3.05, 3.63) is 41.6 Å². The maximum Gasteiger partial charge on any atom is 0.273 e. The first-order valence-corrected chi connectivity index (χ1v) is 6.65. The van der Waals surface area contributed by atoms with Crippen LogP contribution >= 0.6 is 0 Å². The summed E-state index contributed by atoms with van der Waals surface area (Å²) in [6, 6.07) is 8.48. The number of carbonyl (C=O) groups is 2. The third kappa shape index (κ3) is 3.19. The summed E-state index contributed by atoms with van der Waals surface area (Å²) in [7, 11) is 0. The second-order valence-electron chi connectivity index (χ2n) is 4.99. The number of rotatable bonds is 4. The van der Waals surface area contributed by atoms with Crippen molar-refractivity contribution in [1.82, 2.24) is 15.5 Å². The standard InChI is InChI=1S/C14H15N5O2/c15-12-7-11(18-19-12)14(21)17-9-3-1-8(2-4-9)13(20)16-10-5-6-10/h1-4,7,10H,5-6H2,(H,16,20)(H,17,21)(H3,15,18,19). The van der Waals surface area contributed by atoms with Crippen LogP contribution in [0.15, 0.2) is 30.3 Å². The Labute approximate surface area is 120 Å². The molecule has 0 spiro atoms. The van der Waals surface area contributed by atoms with Gasteiger partial charge in [0.15, 0.2) is 0 Å². The molecule has 1 aliphatic carbocycles. The molecule has 1 fully saturated rings. The molecule has 108 valence electrons. The fourth-order valence-corrected chi connectivity index (χ4v) is 1.85. The largest absolute Gasteiger partial charge is 0.382 e. The average Bonchev–Trinajstić information content (AvgIpc) is 3.17. The zero-order valence-electron chi connectivity index (χ0n) is 11.2. The maximum atomic E-state index is 11.9. The minimum absolute atomic E-state index is 0.0864. The van der Waals surface area contributed by atoms with E-state index in [9.17, 15) is 9.59 Å². The van der Waals surface area contributed by atoms with E-state index in [1.165, 1.54) is 6.07 Å². The molecule has 21 heavy (non-hydrogen) atoms. The highest BCUT2D eigenvalue weighted by Crippen LogP contribution is 2.19. The van der Waals surface area contributed by atoms with Gasteiger partial charge in [0.05, 0.1) is 0 Å². The van der Waals surface area contributed by atoms with Gasteiger partial charge in [-0.25, -0.2) is 0 Å². The highest BCUT2D eigenvalue weighted by molar-refractivity contribution is 6.03. The van der Waals surface area contributed by atoms with Crippen LogP contribution in [-0.4, -0.2) is 28.1 Å². The van der Waals surface area contributed by atoms with Gasteiger partial charge in [0.1, 0.15) is 11.5 Å². The average molecular weight is 285 g/mol. The van der Waals surface area contributed by atoms with E-state index in [0.29, 0.717) is 17.3 Å². The summed E-state index contributed by atoms with van der Waals surface area (Å²) in [5.74, 6) is -0.168. The smallest absolute Gasteiger partial charge is 0.273 e. The van der Waals surface area contributed by atoms with Crippen LogP contribution in [0.3, 0.4) is 0 Å². The molecule has 1 saturated carbocycles. The zero-order chi connectivity index (χ0) is 14.8. The normalized spacial score (nSPS) is 13.7. The highest BCUT2D eigenvalue weighted by Gasteiger charge is 2.23. The SMILES string of the molecule is Nc1cc(C(=O)Nc2ccc(C(=O)NC3CC3)cc2)[nH]n1. The van der Waals surface area contributed by atoms with Gasteiger partial charge in [0.2, 0.25) is 0 Å². The monoisotopic (exact) mass is 285 g/mol. The lowest BCUT2D eigenvalue weighted by atomic mass is 10.2. The van der Waals surface area contributed by atoms with E-state index in [-0.39, 0.29) is 23.3 Å². The summed E-state index contributed by atoms with van der Waals surface area (Å²) in [6.07, 6.45) is 2.10. The second-order valence-corrected chi connectivity index (χ2v) is 4.99. The molecule has 0 bridgehead atoms. The number of hydrogen-bond donors (Lipinski definition) is 4. The maximum absolute atomic E-state index is 11.9. The Hall–Kier alpha value is -2.83. The molecule has 7 heteroatoms. The molecule has 0 aliphatic heterocycles. The van der Waals surface area contributed by atoms with Gasteiger partial charge < -0.3 is 16.4 Å². The van der Waals surface area contributed by atoms with Crippen LogP contribution in [0.25, 0.3) is 0 Å². The van der Waals surface area contributed by atoms with Crippen molar-refractivity contribution >= 4 is 23.3 Å². The molecule has 0 radical (unpaired) electrons. The number of aromatic amines is 1. The Kier molecular flexibility index (Phi) is 3.31. The lowest BCUT2D eigenvalue weighted by Gasteiger charge is -2.06. The predicted octanol–water partition coefficient (Wildman–Crippen LogP) is 1.14. The quantitative estimate of drug-likeness (QED) is 0.674. The van der Waals surface area contributed by atoms with E-state index >= 15 is 0 Å². The molecule has 7 nitrogen and oxygen atoms in total. The molecule has 0 saturated heterocycles. The summed E-state index contributed by atoms with van der Waals surface area (Å²) in [6.45, 7) is 0. The molecule has 1 heterocycles. The first-order chi connectivity index (χ1) is 10.1. The molecular formula is C14H15N5O2. The summed E-state index contributed by atoms with van der Waals surface area (Å²) >= 11 is 0. The second kappa shape index (κ2) is 5.28. The molecule has 1 aliphatic rings. The molecule has 1 aromatic heterocycles. The third-order valence-corrected chi connectivity index (χ3v) is 3.16. The van der Waals surface area contributed by atoms with E-state index in [4.69, 9.17) is 5.73 Å². The molecule has 0 atom stereocenters. The number of amides is 2. The van der Waals surface area contributed by atoms with Crippen molar-refractivity contribution in [3.63, 3.8) is 0 Å². The van der Waals surface area contributed by atoms with Crippen LogP contribution in [0.1, 0.15) is 33.7 Å². The van der Waals surface area contributed by atoms with Gasteiger partial charge >= 0.3 is 0 Å². The molecule has 0 unspecified atom stereocenters. The fraction of sp³-hybridized carbons (Fsp3) is 0.214. The first kappa shape index (κ1) is 13.2. The Morgan fingerprint density at radius 2 is 1.90 bits per heavy atom. The van der Waals surface area contributed by atoms with Crippen molar-refractivity contribution in [2.45, 2.75) is 18.9 Å². The minimum Gasteiger partial charge on any atom is -0.382 e. The van der Waals surface area contributed by atoms with E-state index in [0.717, 1.165) is 12.8 Å². The zero-order valence-corrected chi connectivity index (χ0v) is 11.2. The number of hydrogen-bond acceptors (Lipinski definition) is 4. The number of H-pyrrole nitrogens is 1. The van der Waals surface area contributed by atoms with E-state index < -0.39 is 0 Å². The van der Waals surface area contributed by atoms with Gasteiger partial charge in [-0.3, -0.25) is 14.7 Å². The Morgan fingerprint density at radius 1 is 1.19 bits per heavy atom. The van der Waals surface area contributed by atoms with Gasteiger partial charge in [0.25, 0.3) is 11.8 Å². The number of carbonyl (C=O) groups excluding carboxylic acids is 2. The lowest BCUT2D eigenvalue weighted by Crippen LogP contribution is -2.25. The van der Waals surface area contributed by atoms with E-state index in [2.05, 4.69) is 20.8 Å². The number of benzene rings is 1. The Balaban J connectivity index is 1.63. The Bertz CT molecular complexity index is 673. The summed E-state index contributed by atoms with van der Waals surface area (Å²) < 4.78 is 0. The predicted molar refractivity (Wildman–Crippen MR) is 77.9 cm³/mol. The fourth-order valence-electron chi connectivity index (χ4n) is 1.85. The van der Waals surface area contributed by atoms with Gasteiger partial charge in [-0.05, 0) is 37.1 Å². The number of anilines is 2. The van der Waals surface area contributed by atoms with Crippen LogP contribution in [-0.2, 0) is 0 Å². The number of nitrogens with two attached hydrogens (primary N) is 1. The van der Waals surface area contributed by atoms with Crippen molar-refractivity contribution in [3.8, 4) is 0 Å². The van der Waals surface area contributed by atoms with E-state index in [1.807, 2.05) is 0 Å². The number of nitrogens with one attached hydrogen (secondary N) is 3. The van der Waals surface area contributed by atoms with Crippen molar-refractivity contribution in [1.29, 1.82) is 0 Å². The molecule has 2 amide bonds. The molecule has 2 aromatic rings. The molecular weight excluding hydrogens is 270 g/mol. The topological polar surface area (TPSA) is 113 Å². The third-order valence-electron chi connectivity index (χ3n) is 3.16. The van der Waals surface area contributed by atoms with Crippen LogP contribution < -0.4 is 16.4 Å². The summed E-state index contributed by atoms with van der Waals surface area (Å²) in [5.41, 5.74) is 6.89. The van der Waals surface area contributed by atoms with Crippen LogP contribution in [0, 0.1) is 0 Å². The molecule has 5 N–H and O–H groups in total. The number of nitrogens with zero attached hydrogens (tertiary/aromatic N) is 1. The molecule has 3 rings (SSSR count). The summed E-state index contributed by atoms with van der Waals surface area (Å²) in [5, 5.41) is 11.8. The van der Waals surface area contributed by atoms with Crippen molar-refractivity contribution in [2.75, 3.05) is 11.1 Å². The van der Waals surface area contributed by atoms with Crippen LogP contribution in [0.4, 0.5) is 11.5 Å². The number of nitrogen functional groups attached to an aromatic ring is 1. The Morgan fingerprint density at radius 3 is 2.48 bits per heavy atom. The van der Waals surface area contributed by atoms with Crippen LogP contribution in [0.2, 0.25) is 0 Å². The highest BCUT2D eigenvalue weighted by atomic mass is 16.2. The van der Waals surface area contributed by atoms with Gasteiger partial charge in [-0.15, -0.1) is 0 Å². The minimum atomic E-state index is -0.339. The van der Waals surface area contributed by atoms with Gasteiger partial charge in [-0.1, -0.05) is 0 Å². The van der Waals surface area contributed by atoms with Crippen LogP contribution in [0.5, 0.6) is 0 Å².